The first-order valence-electron chi connectivity index (χ1n) is 15.5. The monoisotopic (exact) mass is 607 g/mol. The number of hydrogen-bond acceptors (Lipinski definition) is 7. The fraction of sp³-hybridized carbons (Fsp3) is 0.353. The summed E-state index contributed by atoms with van der Waals surface area (Å²) < 4.78 is 4.65. The van der Waals surface area contributed by atoms with Crippen LogP contribution in [0.25, 0.3) is 44.3 Å². The molecular weight excluding hydrogens is 570 g/mol. The number of fused-ring (bicyclic) bond motifs is 2. The summed E-state index contributed by atoms with van der Waals surface area (Å²) in [5, 5.41) is 16.2. The second-order valence-corrected chi connectivity index (χ2v) is 12.0. The van der Waals surface area contributed by atoms with Gasteiger partial charge in [0.2, 0.25) is 5.91 Å². The van der Waals surface area contributed by atoms with Gasteiger partial charge in [-0.05, 0) is 85.7 Å². The van der Waals surface area contributed by atoms with Crippen molar-refractivity contribution in [2.24, 2.45) is 0 Å². The van der Waals surface area contributed by atoms with Crippen molar-refractivity contribution in [3.63, 3.8) is 0 Å². The second kappa shape index (κ2) is 12.0. The van der Waals surface area contributed by atoms with Gasteiger partial charge in [-0.25, -0.2) is 14.8 Å². The number of ether oxygens (including phenoxy) is 1. The number of rotatable bonds is 7. The van der Waals surface area contributed by atoms with Crippen LogP contribution in [0.5, 0.6) is 0 Å². The number of imidazole rings is 2. The topological polar surface area (TPSA) is 148 Å². The number of aliphatic hydroxyl groups excluding tert-OH is 1. The molecule has 4 atom stereocenters. The maximum absolute atomic E-state index is 13.4. The molecule has 2 aromatic heterocycles. The van der Waals surface area contributed by atoms with Crippen molar-refractivity contribution >= 4 is 34.1 Å². The van der Waals surface area contributed by atoms with Crippen LogP contribution in [0, 0.1) is 0 Å². The molecule has 11 heteroatoms. The third-order valence-corrected chi connectivity index (χ3v) is 9.00. The van der Waals surface area contributed by atoms with Gasteiger partial charge in [-0.2, -0.15) is 0 Å². The summed E-state index contributed by atoms with van der Waals surface area (Å²) in [6, 6.07) is 19.9. The van der Waals surface area contributed by atoms with E-state index in [0.717, 1.165) is 76.0 Å². The molecule has 0 radical (unpaired) electrons. The molecule has 0 bridgehead atoms. The van der Waals surface area contributed by atoms with Gasteiger partial charge < -0.3 is 35.3 Å². The average Bonchev–Trinajstić information content (AvgIpc) is 3.88. The minimum Gasteiger partial charge on any atom is -0.453 e. The number of aromatic amines is 2. The summed E-state index contributed by atoms with van der Waals surface area (Å²) in [5.74, 6) is 1.34. The van der Waals surface area contributed by atoms with Crippen molar-refractivity contribution < 1.29 is 19.4 Å². The highest BCUT2D eigenvalue weighted by molar-refractivity contribution is 5.87. The Morgan fingerprint density at radius 3 is 2.07 bits per heavy atom. The maximum atomic E-state index is 13.4. The number of alkyl carbamates (subject to hydrolysis) is 1. The lowest BCUT2D eigenvalue weighted by Gasteiger charge is -2.29. The number of benzene rings is 3. The summed E-state index contributed by atoms with van der Waals surface area (Å²) in [5.41, 5.74) is 8.11. The molecule has 0 aliphatic carbocycles. The van der Waals surface area contributed by atoms with Crippen LogP contribution in [0.1, 0.15) is 56.3 Å². The van der Waals surface area contributed by atoms with E-state index in [-0.39, 0.29) is 11.9 Å². The van der Waals surface area contributed by atoms with Crippen LogP contribution in [0.2, 0.25) is 0 Å². The molecule has 5 N–H and O–H groups in total. The molecule has 2 fully saturated rings. The lowest BCUT2D eigenvalue weighted by molar-refractivity contribution is -0.137. The molecule has 4 heterocycles. The lowest BCUT2D eigenvalue weighted by Crippen LogP contribution is -2.53. The largest absolute Gasteiger partial charge is 0.453 e. The van der Waals surface area contributed by atoms with Gasteiger partial charge in [-0.3, -0.25) is 4.79 Å². The number of amides is 2. The number of carbonyl (C=O) groups is 2. The first-order valence-corrected chi connectivity index (χ1v) is 15.5. The third-order valence-electron chi connectivity index (χ3n) is 9.00. The van der Waals surface area contributed by atoms with Crippen molar-refractivity contribution in [2.45, 2.75) is 56.8 Å². The summed E-state index contributed by atoms with van der Waals surface area (Å²) in [6.07, 6.45) is 1.97. The van der Waals surface area contributed by atoms with Crippen molar-refractivity contribution in [3.8, 4) is 22.3 Å². The van der Waals surface area contributed by atoms with Crippen LogP contribution in [0.15, 0.2) is 60.7 Å². The number of aliphatic hydroxyl groups is 1. The molecule has 3 aromatic carbocycles. The first kappa shape index (κ1) is 29.0. The third kappa shape index (κ3) is 5.65. The van der Waals surface area contributed by atoms with Gasteiger partial charge in [0.1, 0.15) is 17.7 Å². The summed E-state index contributed by atoms with van der Waals surface area (Å²) in [7, 11) is 1.22. The van der Waals surface area contributed by atoms with Gasteiger partial charge in [0.15, 0.2) is 0 Å². The highest BCUT2D eigenvalue weighted by Crippen LogP contribution is 2.34. The van der Waals surface area contributed by atoms with Gasteiger partial charge >= 0.3 is 6.09 Å². The Morgan fingerprint density at radius 2 is 1.49 bits per heavy atom. The molecule has 7 rings (SSSR count). The smallest absolute Gasteiger partial charge is 0.407 e. The Morgan fingerprint density at radius 1 is 0.889 bits per heavy atom. The van der Waals surface area contributed by atoms with E-state index in [9.17, 15) is 14.7 Å². The normalized spacial score (nSPS) is 19.7. The van der Waals surface area contributed by atoms with Gasteiger partial charge in [0, 0.05) is 6.54 Å². The Kier molecular flexibility index (Phi) is 7.72. The number of methoxy groups -OCH3 is 1. The fourth-order valence-electron chi connectivity index (χ4n) is 6.58. The zero-order valence-corrected chi connectivity index (χ0v) is 25.3. The lowest BCUT2D eigenvalue weighted by atomic mass is 10.00. The predicted molar refractivity (Wildman–Crippen MR) is 171 cm³/mol. The number of aromatic nitrogens is 4. The molecule has 45 heavy (non-hydrogen) atoms. The van der Waals surface area contributed by atoms with E-state index in [1.807, 2.05) is 6.07 Å². The Balaban J connectivity index is 1.09. The Bertz CT molecular complexity index is 1860. The summed E-state index contributed by atoms with van der Waals surface area (Å²) in [4.78, 5) is 43.4. The van der Waals surface area contributed by atoms with Gasteiger partial charge in [0.05, 0.1) is 47.4 Å². The van der Waals surface area contributed by atoms with Crippen LogP contribution >= 0.6 is 0 Å². The zero-order chi connectivity index (χ0) is 31.1. The number of likely N-dealkylation sites (tertiary alicyclic amines) is 1. The molecule has 0 saturated carbocycles. The van der Waals surface area contributed by atoms with Gasteiger partial charge in [-0.15, -0.1) is 0 Å². The van der Waals surface area contributed by atoms with E-state index < -0.39 is 18.2 Å². The molecule has 2 saturated heterocycles. The minimum absolute atomic E-state index is 0.286. The van der Waals surface area contributed by atoms with E-state index in [1.165, 1.54) is 20.5 Å². The quantitative estimate of drug-likeness (QED) is 0.176. The van der Waals surface area contributed by atoms with Crippen molar-refractivity contribution in [1.82, 2.24) is 35.5 Å². The molecule has 0 spiro atoms. The second-order valence-electron chi connectivity index (χ2n) is 12.0. The molecule has 2 aliphatic rings. The average molecular weight is 608 g/mol. The SMILES string of the molecule is COC(=O)N[C@H](C(=O)N1CCC[C@H]1c1nc2ccc(-c3ccc(-c4ccc5nc([C@@H]6CCCN6)[nH]c5c4)cc3)cc2[nH]1)[C@@H](C)O. The number of hydrogen-bond donors (Lipinski definition) is 5. The van der Waals surface area contributed by atoms with Crippen LogP contribution in [0.3, 0.4) is 0 Å². The van der Waals surface area contributed by atoms with E-state index in [4.69, 9.17) is 9.97 Å². The molecule has 2 amide bonds. The van der Waals surface area contributed by atoms with Gasteiger partial charge in [-0.1, -0.05) is 36.4 Å². The first-order chi connectivity index (χ1) is 21.9. The number of nitrogens with zero attached hydrogens (tertiary/aromatic N) is 3. The van der Waals surface area contributed by atoms with Crippen LogP contribution < -0.4 is 10.6 Å². The van der Waals surface area contributed by atoms with E-state index in [0.29, 0.717) is 18.4 Å². The fourth-order valence-corrected chi connectivity index (χ4v) is 6.58. The van der Waals surface area contributed by atoms with Crippen molar-refractivity contribution in [3.05, 3.63) is 72.3 Å². The summed E-state index contributed by atoms with van der Waals surface area (Å²) in [6.45, 7) is 3.02. The highest BCUT2D eigenvalue weighted by Gasteiger charge is 2.38. The maximum Gasteiger partial charge on any atom is 0.407 e. The molecule has 232 valence electrons. The van der Waals surface area contributed by atoms with Crippen molar-refractivity contribution in [1.29, 1.82) is 0 Å². The van der Waals surface area contributed by atoms with Gasteiger partial charge in [0.25, 0.3) is 0 Å². The zero-order valence-electron chi connectivity index (χ0n) is 25.3. The Hall–Kier alpha value is -4.74. The molecular formula is C34H37N7O4. The van der Waals surface area contributed by atoms with Crippen LogP contribution in [-0.2, 0) is 9.53 Å². The van der Waals surface area contributed by atoms with E-state index in [1.54, 1.807) is 4.90 Å². The van der Waals surface area contributed by atoms with Crippen molar-refractivity contribution in [2.75, 3.05) is 20.2 Å². The summed E-state index contributed by atoms with van der Waals surface area (Å²) >= 11 is 0. The molecule has 5 aromatic rings. The van der Waals surface area contributed by atoms with Crippen LogP contribution in [0.4, 0.5) is 4.79 Å². The number of carbonyl (C=O) groups excluding carboxylic acids is 2. The molecule has 0 unspecified atom stereocenters. The highest BCUT2D eigenvalue weighted by atomic mass is 16.5. The molecule has 11 nitrogen and oxygen atoms in total. The van der Waals surface area contributed by atoms with E-state index >= 15 is 0 Å². The minimum atomic E-state index is -1.11. The van der Waals surface area contributed by atoms with E-state index in [2.05, 4.69) is 79.9 Å². The number of nitrogens with one attached hydrogen (secondary N) is 4. The standard InChI is InChI=1S/C34H37N7O4/c1-19(42)30(40-34(44)45-2)33(43)41-16-4-6-29(41)32-37-25-14-12-23(18-28(25)39-32)21-9-7-20(8-10-21)22-11-13-24-27(17-22)38-31(36-24)26-5-3-15-35-26/h7-14,17-19,26,29-30,35,42H,3-6,15-16H2,1-2H3,(H,36,38)(H,37,39)(H,40,44)/t19-,26+,29+,30+/m1/s1. The predicted octanol–water partition coefficient (Wildman–Crippen LogP) is 4.97. The number of H-pyrrole nitrogens is 2. The van der Waals surface area contributed by atoms with Crippen LogP contribution in [-0.4, -0.2) is 74.3 Å². The Labute approximate surface area is 260 Å². The molecule has 2 aliphatic heterocycles.